The Labute approximate surface area is 120 Å². The van der Waals surface area contributed by atoms with Crippen LogP contribution in [0, 0.1) is 0 Å². The first-order chi connectivity index (χ1) is 8.63. The molecule has 0 aromatic heterocycles. The molecule has 1 aromatic carbocycles. The Bertz CT molecular complexity index is 401. The van der Waals surface area contributed by atoms with Crippen LogP contribution in [0.4, 0.5) is 5.69 Å². The maximum atomic E-state index is 11.0. The zero-order chi connectivity index (χ0) is 13.4. The lowest BCUT2D eigenvalue weighted by Gasteiger charge is -2.09. The lowest BCUT2D eigenvalue weighted by molar-refractivity contribution is -0.148. The molecular weight excluding hydrogens is 321 g/mol. The third kappa shape index (κ3) is 5.71. The molecule has 0 saturated heterocycles. The monoisotopic (exact) mass is 335 g/mol. The predicted molar refractivity (Wildman–Crippen MR) is 75.1 cm³/mol. The van der Waals surface area contributed by atoms with E-state index in [1.165, 1.54) is 0 Å². The maximum absolute atomic E-state index is 11.0. The van der Waals surface area contributed by atoms with Gasteiger partial charge in [0.1, 0.15) is 6.61 Å². The molecule has 18 heavy (non-hydrogen) atoms. The summed E-state index contributed by atoms with van der Waals surface area (Å²) in [6.07, 6.45) is 0. The Morgan fingerprint density at radius 3 is 2.94 bits per heavy atom. The van der Waals surface area contributed by atoms with Gasteiger partial charge in [0.05, 0.1) is 13.2 Å². The number of rotatable bonds is 7. The molecule has 0 fully saturated rings. The normalized spacial score (nSPS) is 10.2. The molecule has 6 heteroatoms. The van der Waals surface area contributed by atoms with Gasteiger partial charge < -0.3 is 14.8 Å². The summed E-state index contributed by atoms with van der Waals surface area (Å²) in [5.41, 5.74) is 0.930. The van der Waals surface area contributed by atoms with Crippen molar-refractivity contribution in [2.45, 2.75) is 6.92 Å². The molecule has 0 aliphatic carbocycles. The fraction of sp³-hybridized carbons (Fsp3) is 0.417. The van der Waals surface area contributed by atoms with Crippen molar-refractivity contribution >= 4 is 39.2 Å². The van der Waals surface area contributed by atoms with Crippen molar-refractivity contribution in [3.05, 3.63) is 27.7 Å². The summed E-state index contributed by atoms with van der Waals surface area (Å²) in [5, 5.41) is 3.84. The minimum absolute atomic E-state index is 0.0166. The van der Waals surface area contributed by atoms with Crippen molar-refractivity contribution in [3.8, 4) is 0 Å². The Kier molecular flexibility index (Phi) is 7.08. The number of carbonyl (C=O) groups is 1. The Hall–Kier alpha value is -0.780. The molecule has 0 heterocycles. The summed E-state index contributed by atoms with van der Waals surface area (Å²) < 4.78 is 10.8. The highest BCUT2D eigenvalue weighted by Gasteiger charge is 2.02. The summed E-state index contributed by atoms with van der Waals surface area (Å²) in [5.74, 6) is -0.342. The number of ether oxygens (including phenoxy) is 2. The van der Waals surface area contributed by atoms with Gasteiger partial charge in [-0.1, -0.05) is 11.6 Å². The second-order valence-corrected chi connectivity index (χ2v) is 4.70. The molecule has 100 valence electrons. The second kappa shape index (κ2) is 8.34. The molecule has 0 radical (unpaired) electrons. The summed E-state index contributed by atoms with van der Waals surface area (Å²) in [4.78, 5) is 11.0. The van der Waals surface area contributed by atoms with Gasteiger partial charge in [-0.25, -0.2) is 4.79 Å². The van der Waals surface area contributed by atoms with Gasteiger partial charge in [-0.15, -0.1) is 0 Å². The van der Waals surface area contributed by atoms with Crippen LogP contribution in [0.15, 0.2) is 22.7 Å². The molecule has 0 amide bonds. The first-order valence-electron chi connectivity index (χ1n) is 5.55. The first-order valence-corrected chi connectivity index (χ1v) is 6.73. The van der Waals surface area contributed by atoms with Crippen LogP contribution in [-0.2, 0) is 14.3 Å². The third-order valence-electron chi connectivity index (χ3n) is 2.02. The average molecular weight is 337 g/mol. The van der Waals surface area contributed by atoms with Gasteiger partial charge in [0.2, 0.25) is 0 Å². The van der Waals surface area contributed by atoms with Crippen LogP contribution in [0.25, 0.3) is 0 Å². The molecule has 4 nitrogen and oxygen atoms in total. The zero-order valence-electron chi connectivity index (χ0n) is 10.0. The van der Waals surface area contributed by atoms with Crippen LogP contribution in [-0.4, -0.2) is 32.3 Å². The number of carbonyl (C=O) groups excluding carboxylic acids is 1. The van der Waals surface area contributed by atoms with Crippen LogP contribution < -0.4 is 5.32 Å². The maximum Gasteiger partial charge on any atom is 0.332 e. The Morgan fingerprint density at radius 1 is 1.50 bits per heavy atom. The van der Waals surface area contributed by atoms with E-state index in [0.717, 1.165) is 10.2 Å². The molecule has 1 rings (SSSR count). The lowest BCUT2D eigenvalue weighted by Crippen LogP contribution is -2.16. The van der Waals surface area contributed by atoms with E-state index in [0.29, 0.717) is 24.8 Å². The number of hydrogen-bond acceptors (Lipinski definition) is 4. The zero-order valence-corrected chi connectivity index (χ0v) is 12.4. The van der Waals surface area contributed by atoms with E-state index in [2.05, 4.69) is 21.2 Å². The number of nitrogens with one attached hydrogen (secondary N) is 1. The van der Waals surface area contributed by atoms with Gasteiger partial charge >= 0.3 is 5.97 Å². The van der Waals surface area contributed by atoms with E-state index in [1.54, 1.807) is 13.0 Å². The van der Waals surface area contributed by atoms with E-state index >= 15 is 0 Å². The topological polar surface area (TPSA) is 47.6 Å². The summed E-state index contributed by atoms with van der Waals surface area (Å²) in [6, 6.07) is 5.48. The van der Waals surface area contributed by atoms with Crippen molar-refractivity contribution in [2.75, 3.05) is 31.7 Å². The predicted octanol–water partition coefficient (Wildman–Crippen LogP) is 3.09. The van der Waals surface area contributed by atoms with Crippen molar-refractivity contribution in [2.24, 2.45) is 0 Å². The van der Waals surface area contributed by atoms with E-state index in [9.17, 15) is 4.79 Å². The summed E-state index contributed by atoms with van der Waals surface area (Å²) in [7, 11) is 0. The second-order valence-electron chi connectivity index (χ2n) is 3.41. The van der Waals surface area contributed by atoms with E-state index in [-0.39, 0.29) is 12.6 Å². The van der Waals surface area contributed by atoms with Crippen LogP contribution in [0.1, 0.15) is 6.92 Å². The molecule has 0 unspecified atom stereocenters. The van der Waals surface area contributed by atoms with Crippen LogP contribution in [0.3, 0.4) is 0 Å². The molecule has 0 aliphatic heterocycles. The van der Waals surface area contributed by atoms with Crippen LogP contribution in [0.5, 0.6) is 0 Å². The van der Waals surface area contributed by atoms with Crippen molar-refractivity contribution < 1.29 is 14.3 Å². The smallest absolute Gasteiger partial charge is 0.332 e. The molecule has 1 aromatic rings. The van der Waals surface area contributed by atoms with Gasteiger partial charge in [0, 0.05) is 21.7 Å². The molecular formula is C12H15BrClNO3. The van der Waals surface area contributed by atoms with Crippen LogP contribution in [0.2, 0.25) is 5.02 Å². The molecule has 0 saturated carbocycles. The summed E-state index contributed by atoms with van der Waals surface area (Å²) >= 11 is 9.23. The van der Waals surface area contributed by atoms with Crippen molar-refractivity contribution in [1.29, 1.82) is 0 Å². The fourth-order valence-electron chi connectivity index (χ4n) is 1.25. The molecule has 0 atom stereocenters. The number of esters is 1. The highest BCUT2D eigenvalue weighted by atomic mass is 79.9. The Morgan fingerprint density at radius 2 is 2.28 bits per heavy atom. The van der Waals surface area contributed by atoms with Crippen molar-refractivity contribution in [1.82, 2.24) is 0 Å². The average Bonchev–Trinajstić information content (AvgIpc) is 2.31. The largest absolute Gasteiger partial charge is 0.464 e. The number of anilines is 1. The van der Waals surface area contributed by atoms with E-state index in [1.807, 2.05) is 12.1 Å². The summed E-state index contributed by atoms with van der Waals surface area (Å²) in [6.45, 7) is 3.14. The lowest BCUT2D eigenvalue weighted by atomic mass is 10.3. The quantitative estimate of drug-likeness (QED) is 0.614. The Balaban J connectivity index is 2.20. The van der Waals surface area contributed by atoms with Gasteiger partial charge in [-0.3, -0.25) is 0 Å². The molecule has 1 N–H and O–H groups in total. The number of benzene rings is 1. The molecule has 0 spiro atoms. The van der Waals surface area contributed by atoms with E-state index in [4.69, 9.17) is 21.1 Å². The highest BCUT2D eigenvalue weighted by Crippen LogP contribution is 2.25. The minimum Gasteiger partial charge on any atom is -0.464 e. The standard InChI is InChI=1S/C12H15BrClNO3/c1-2-18-12(16)8-17-6-5-15-11-4-3-9(14)7-10(11)13/h3-4,7,15H,2,5-6,8H2,1H3. The van der Waals surface area contributed by atoms with Gasteiger partial charge in [0.15, 0.2) is 0 Å². The van der Waals surface area contributed by atoms with Crippen LogP contribution >= 0.6 is 27.5 Å². The molecule has 0 aliphatic rings. The van der Waals surface area contributed by atoms with Gasteiger partial charge in [-0.2, -0.15) is 0 Å². The third-order valence-corrected chi connectivity index (χ3v) is 2.91. The minimum atomic E-state index is -0.342. The fourth-order valence-corrected chi connectivity index (χ4v) is 2.07. The SMILES string of the molecule is CCOC(=O)COCCNc1ccc(Cl)cc1Br. The van der Waals surface area contributed by atoms with Gasteiger partial charge in [0.25, 0.3) is 0 Å². The first kappa shape index (κ1) is 15.3. The molecule has 0 bridgehead atoms. The number of halogens is 2. The van der Waals surface area contributed by atoms with E-state index < -0.39 is 0 Å². The number of hydrogen-bond donors (Lipinski definition) is 1. The van der Waals surface area contributed by atoms with Crippen molar-refractivity contribution in [3.63, 3.8) is 0 Å². The highest BCUT2D eigenvalue weighted by molar-refractivity contribution is 9.10. The van der Waals surface area contributed by atoms with Gasteiger partial charge in [-0.05, 0) is 41.1 Å².